The Bertz CT molecular complexity index is 3370. The molecule has 7 nitrogen and oxygen atoms in total. The molecule has 1 aliphatic carbocycles. The first kappa shape index (κ1) is 35.0. The maximum atomic E-state index is 6.33. The van der Waals surface area contributed by atoms with Crippen LogP contribution in [0, 0.1) is 0 Å². The van der Waals surface area contributed by atoms with Crippen molar-refractivity contribution in [2.24, 2.45) is 0 Å². The summed E-state index contributed by atoms with van der Waals surface area (Å²) in [4.78, 5) is 25.4. The summed E-state index contributed by atoms with van der Waals surface area (Å²) in [5, 5.41) is 2.42. The number of hydrogen-bond acceptors (Lipinski definition) is 7. The lowest BCUT2D eigenvalue weighted by molar-refractivity contribution is 0.617. The summed E-state index contributed by atoms with van der Waals surface area (Å²) in [6, 6.07) is 60.3. The van der Waals surface area contributed by atoms with Crippen molar-refractivity contribution in [3.05, 3.63) is 187 Å². The Morgan fingerprint density at radius 3 is 1.54 bits per heavy atom. The topological polar surface area (TPSA) is 90.7 Å². The summed E-state index contributed by atoms with van der Waals surface area (Å²) in [6.45, 7) is 4.58. The van der Waals surface area contributed by atoms with Crippen molar-refractivity contribution in [2.75, 3.05) is 0 Å². The van der Waals surface area contributed by atoms with Gasteiger partial charge in [0.25, 0.3) is 0 Å². The second-order valence-corrected chi connectivity index (χ2v) is 16.1. The van der Waals surface area contributed by atoms with E-state index in [1.165, 1.54) is 33.0 Å². The molecule has 0 fully saturated rings. The highest BCUT2D eigenvalue weighted by atomic mass is 16.4. The van der Waals surface area contributed by atoms with E-state index in [4.69, 9.17) is 33.8 Å². The lowest BCUT2D eigenvalue weighted by Crippen LogP contribution is -2.14. The van der Waals surface area contributed by atoms with E-state index in [9.17, 15) is 0 Å². The average molecular weight is 786 g/mol. The van der Waals surface area contributed by atoms with Crippen LogP contribution in [0.3, 0.4) is 0 Å². The summed E-state index contributed by atoms with van der Waals surface area (Å²) in [5.41, 5.74) is 14.1. The molecule has 0 saturated heterocycles. The molecule has 0 unspecified atom stereocenters. The summed E-state index contributed by atoms with van der Waals surface area (Å²) in [5.74, 6) is 2.56. The minimum absolute atomic E-state index is 0.126. The molecule has 8 aromatic carbocycles. The van der Waals surface area contributed by atoms with Crippen LogP contribution in [0.5, 0.6) is 0 Å². The molecule has 0 aliphatic heterocycles. The molecule has 3 aromatic heterocycles. The van der Waals surface area contributed by atoms with E-state index in [-0.39, 0.29) is 5.41 Å². The molecule has 12 rings (SSSR count). The molecule has 11 aromatic rings. The lowest BCUT2D eigenvalue weighted by atomic mass is 9.82. The van der Waals surface area contributed by atoms with E-state index in [1.807, 2.05) is 66.7 Å². The van der Waals surface area contributed by atoms with Gasteiger partial charge in [0.1, 0.15) is 11.0 Å². The van der Waals surface area contributed by atoms with Crippen LogP contribution in [0.15, 0.2) is 185 Å². The van der Waals surface area contributed by atoms with Crippen LogP contribution < -0.4 is 0 Å². The van der Waals surface area contributed by atoms with E-state index >= 15 is 0 Å². The standard InChI is InChI=1S/C54H35N5O2/c1-54(2)43-14-6-5-13-41(43)42-31-37(25-26-44(42)54)50-57-49(34-22-19-33(20-23-34)36-24-21-32-11-3-4-12-35(32)27-36)58-51(59-50)38-28-39(52-55-45-15-7-9-17-47(45)60-52)30-40(29-38)53-56-46-16-8-10-18-48(46)61-53/h3-31H,1-2H3. The van der Waals surface area contributed by atoms with Gasteiger partial charge in [0.15, 0.2) is 28.6 Å². The summed E-state index contributed by atoms with van der Waals surface area (Å²) < 4.78 is 12.7. The normalized spacial score (nSPS) is 12.9. The third kappa shape index (κ3) is 5.93. The zero-order chi connectivity index (χ0) is 40.7. The van der Waals surface area contributed by atoms with Gasteiger partial charge in [-0.05, 0) is 98.8 Å². The Labute approximate surface area is 351 Å². The lowest BCUT2D eigenvalue weighted by Gasteiger charge is -2.21. The molecule has 0 N–H and O–H groups in total. The van der Waals surface area contributed by atoms with Crippen LogP contribution in [0.1, 0.15) is 25.0 Å². The first-order valence-electron chi connectivity index (χ1n) is 20.4. The number of benzene rings is 8. The summed E-state index contributed by atoms with van der Waals surface area (Å²) >= 11 is 0. The number of nitrogens with zero attached hydrogens (tertiary/aromatic N) is 5. The maximum absolute atomic E-state index is 6.33. The van der Waals surface area contributed by atoms with E-state index in [2.05, 4.69) is 123 Å². The molecule has 0 amide bonds. The zero-order valence-corrected chi connectivity index (χ0v) is 33.3. The molecule has 0 spiro atoms. The molecule has 7 heteroatoms. The van der Waals surface area contributed by atoms with Gasteiger partial charge < -0.3 is 8.83 Å². The second kappa shape index (κ2) is 13.5. The van der Waals surface area contributed by atoms with Gasteiger partial charge >= 0.3 is 0 Å². The molecule has 61 heavy (non-hydrogen) atoms. The molecule has 1 aliphatic rings. The monoisotopic (exact) mass is 785 g/mol. The summed E-state index contributed by atoms with van der Waals surface area (Å²) in [7, 11) is 0. The van der Waals surface area contributed by atoms with Crippen molar-refractivity contribution < 1.29 is 8.83 Å². The van der Waals surface area contributed by atoms with Crippen LogP contribution in [-0.4, -0.2) is 24.9 Å². The number of aromatic nitrogens is 5. The molecule has 0 bridgehead atoms. The van der Waals surface area contributed by atoms with E-state index in [0.29, 0.717) is 40.4 Å². The fourth-order valence-corrected chi connectivity index (χ4v) is 8.80. The largest absolute Gasteiger partial charge is 0.436 e. The zero-order valence-electron chi connectivity index (χ0n) is 33.3. The number of hydrogen-bond donors (Lipinski definition) is 0. The van der Waals surface area contributed by atoms with Crippen molar-refractivity contribution in [3.8, 4) is 79.3 Å². The van der Waals surface area contributed by atoms with E-state index in [1.54, 1.807) is 0 Å². The van der Waals surface area contributed by atoms with Gasteiger partial charge in [-0.15, -0.1) is 0 Å². The Hall–Kier alpha value is -8.03. The quantitative estimate of drug-likeness (QED) is 0.166. The van der Waals surface area contributed by atoms with Crippen molar-refractivity contribution in [1.82, 2.24) is 24.9 Å². The predicted octanol–water partition coefficient (Wildman–Crippen LogP) is 13.6. The van der Waals surface area contributed by atoms with E-state index in [0.717, 1.165) is 50.0 Å². The Morgan fingerprint density at radius 1 is 0.344 bits per heavy atom. The number of oxazole rings is 2. The molecular formula is C54H35N5O2. The summed E-state index contributed by atoms with van der Waals surface area (Å²) in [6.07, 6.45) is 0. The SMILES string of the molecule is CC1(C)c2ccccc2-c2cc(-c3nc(-c4ccc(-c5ccc6ccccc6c5)cc4)nc(-c4cc(-c5nc6ccccc6o5)cc(-c5nc6ccccc6o5)c4)n3)ccc21. The molecule has 0 atom stereocenters. The van der Waals surface area contributed by atoms with Gasteiger partial charge in [-0.3, -0.25) is 0 Å². The predicted molar refractivity (Wildman–Crippen MR) is 243 cm³/mol. The highest BCUT2D eigenvalue weighted by Gasteiger charge is 2.35. The van der Waals surface area contributed by atoms with Crippen LogP contribution in [0.4, 0.5) is 0 Å². The Morgan fingerprint density at radius 2 is 0.852 bits per heavy atom. The first-order chi connectivity index (χ1) is 29.9. The molecule has 3 heterocycles. The van der Waals surface area contributed by atoms with Crippen molar-refractivity contribution in [2.45, 2.75) is 19.3 Å². The van der Waals surface area contributed by atoms with Crippen molar-refractivity contribution in [3.63, 3.8) is 0 Å². The fourth-order valence-electron chi connectivity index (χ4n) is 8.80. The fraction of sp³-hybridized carbons (Fsp3) is 0.0556. The molecule has 0 radical (unpaired) electrons. The Balaban J connectivity index is 1.04. The van der Waals surface area contributed by atoms with Crippen molar-refractivity contribution >= 4 is 33.0 Å². The van der Waals surface area contributed by atoms with E-state index < -0.39 is 0 Å². The van der Waals surface area contributed by atoms with Crippen LogP contribution in [-0.2, 0) is 5.41 Å². The first-order valence-corrected chi connectivity index (χ1v) is 20.4. The van der Waals surface area contributed by atoms with Gasteiger partial charge in [0.2, 0.25) is 11.8 Å². The van der Waals surface area contributed by atoms with Gasteiger partial charge in [0, 0.05) is 33.2 Å². The van der Waals surface area contributed by atoms with Gasteiger partial charge in [-0.25, -0.2) is 24.9 Å². The molecule has 0 saturated carbocycles. The molecular weight excluding hydrogens is 751 g/mol. The van der Waals surface area contributed by atoms with Gasteiger partial charge in [-0.2, -0.15) is 0 Å². The third-order valence-electron chi connectivity index (χ3n) is 12.0. The second-order valence-electron chi connectivity index (χ2n) is 16.1. The van der Waals surface area contributed by atoms with Gasteiger partial charge in [0.05, 0.1) is 0 Å². The number of fused-ring (bicyclic) bond motifs is 6. The Kier molecular flexibility index (Phi) is 7.74. The van der Waals surface area contributed by atoms with Gasteiger partial charge in [-0.1, -0.05) is 135 Å². The number of rotatable bonds is 6. The third-order valence-corrected chi connectivity index (χ3v) is 12.0. The molecule has 288 valence electrons. The minimum Gasteiger partial charge on any atom is -0.436 e. The van der Waals surface area contributed by atoms with Crippen LogP contribution in [0.2, 0.25) is 0 Å². The van der Waals surface area contributed by atoms with Crippen molar-refractivity contribution in [1.29, 1.82) is 0 Å². The highest BCUT2D eigenvalue weighted by molar-refractivity contribution is 5.88. The maximum Gasteiger partial charge on any atom is 0.227 e. The highest BCUT2D eigenvalue weighted by Crippen LogP contribution is 2.49. The van der Waals surface area contributed by atoms with Crippen LogP contribution in [0.25, 0.3) is 112 Å². The van der Waals surface area contributed by atoms with Crippen LogP contribution >= 0.6 is 0 Å². The average Bonchev–Trinajstić information content (AvgIpc) is 4.02. The number of para-hydroxylation sites is 4. The minimum atomic E-state index is -0.126. The smallest absolute Gasteiger partial charge is 0.227 e.